The van der Waals surface area contributed by atoms with Crippen molar-refractivity contribution in [2.24, 2.45) is 0 Å². The molecule has 72 valence electrons. The molecule has 0 spiro atoms. The minimum Gasteiger partial charge on any atom is -0.507 e. The van der Waals surface area contributed by atoms with Crippen LogP contribution in [0.1, 0.15) is 11.9 Å². The summed E-state index contributed by atoms with van der Waals surface area (Å²) in [4.78, 5) is 0. The predicted octanol–water partition coefficient (Wildman–Crippen LogP) is 2.45. The molecule has 0 saturated carbocycles. The highest BCUT2D eigenvalue weighted by atomic mass is 79.9. The number of methoxy groups -OCH3 is 2. The van der Waals surface area contributed by atoms with Crippen LogP contribution in [0.5, 0.6) is 5.75 Å². The summed E-state index contributed by atoms with van der Waals surface area (Å²) in [5, 5.41) is 9.49. The van der Waals surface area contributed by atoms with Crippen LogP contribution >= 0.6 is 15.9 Å². The summed E-state index contributed by atoms with van der Waals surface area (Å²) in [6.07, 6.45) is -0.530. The molecule has 0 atom stereocenters. The summed E-state index contributed by atoms with van der Waals surface area (Å²) in [7, 11) is 3.04. The summed E-state index contributed by atoms with van der Waals surface area (Å²) in [5.41, 5.74) is 0.611. The summed E-state index contributed by atoms with van der Waals surface area (Å²) in [6, 6.07) is 5.10. The minimum absolute atomic E-state index is 0.164. The molecule has 1 aromatic carbocycles. The Labute approximate surface area is 85.4 Å². The fourth-order valence-corrected chi connectivity index (χ4v) is 1.44. The Morgan fingerprint density at radius 1 is 1.31 bits per heavy atom. The summed E-state index contributed by atoms with van der Waals surface area (Å²) >= 11 is 3.30. The lowest BCUT2D eigenvalue weighted by Gasteiger charge is -2.14. The monoisotopic (exact) mass is 246 g/mol. The smallest absolute Gasteiger partial charge is 0.186 e. The third-order valence-electron chi connectivity index (χ3n) is 1.67. The molecule has 0 aromatic heterocycles. The average molecular weight is 247 g/mol. The lowest BCUT2D eigenvalue weighted by molar-refractivity contribution is -0.107. The van der Waals surface area contributed by atoms with Gasteiger partial charge in [-0.25, -0.2) is 0 Å². The van der Waals surface area contributed by atoms with Crippen LogP contribution < -0.4 is 0 Å². The van der Waals surface area contributed by atoms with Crippen molar-refractivity contribution in [2.45, 2.75) is 6.29 Å². The molecular weight excluding hydrogens is 236 g/mol. The molecule has 1 N–H and O–H groups in total. The van der Waals surface area contributed by atoms with Crippen molar-refractivity contribution in [3.63, 3.8) is 0 Å². The first-order valence-corrected chi connectivity index (χ1v) is 4.52. The van der Waals surface area contributed by atoms with E-state index in [9.17, 15) is 5.11 Å². The van der Waals surface area contributed by atoms with E-state index in [2.05, 4.69) is 15.9 Å². The predicted molar refractivity (Wildman–Crippen MR) is 52.6 cm³/mol. The molecule has 0 aliphatic heterocycles. The van der Waals surface area contributed by atoms with Crippen LogP contribution in [0.15, 0.2) is 22.7 Å². The number of ether oxygens (including phenoxy) is 2. The van der Waals surface area contributed by atoms with Gasteiger partial charge in [-0.15, -0.1) is 0 Å². The first-order valence-electron chi connectivity index (χ1n) is 3.73. The van der Waals surface area contributed by atoms with Crippen molar-refractivity contribution in [1.82, 2.24) is 0 Å². The Kier molecular flexibility index (Phi) is 3.71. The Bertz CT molecular complexity index is 284. The van der Waals surface area contributed by atoms with Crippen molar-refractivity contribution in [3.05, 3.63) is 28.2 Å². The summed E-state index contributed by atoms with van der Waals surface area (Å²) in [5.74, 6) is 0.164. The van der Waals surface area contributed by atoms with E-state index in [0.717, 1.165) is 4.47 Å². The molecule has 1 rings (SSSR count). The molecule has 0 fully saturated rings. The Morgan fingerprint density at radius 3 is 2.46 bits per heavy atom. The van der Waals surface area contributed by atoms with E-state index in [1.807, 2.05) is 0 Å². The third-order valence-corrected chi connectivity index (χ3v) is 2.16. The second kappa shape index (κ2) is 4.60. The molecule has 0 amide bonds. The maximum absolute atomic E-state index is 9.49. The van der Waals surface area contributed by atoms with Gasteiger partial charge in [0, 0.05) is 18.7 Å². The van der Waals surface area contributed by atoms with E-state index in [-0.39, 0.29) is 5.75 Å². The zero-order chi connectivity index (χ0) is 9.84. The van der Waals surface area contributed by atoms with Gasteiger partial charge in [0.25, 0.3) is 0 Å². The van der Waals surface area contributed by atoms with Crippen LogP contribution in [-0.4, -0.2) is 19.3 Å². The number of benzene rings is 1. The number of phenols is 1. The van der Waals surface area contributed by atoms with Gasteiger partial charge < -0.3 is 14.6 Å². The maximum atomic E-state index is 9.49. The molecule has 0 aliphatic rings. The second-order valence-corrected chi connectivity index (χ2v) is 3.42. The van der Waals surface area contributed by atoms with Crippen LogP contribution in [-0.2, 0) is 9.47 Å². The van der Waals surface area contributed by atoms with Gasteiger partial charge in [-0.2, -0.15) is 0 Å². The SMILES string of the molecule is COC(OC)c1cc(Br)ccc1O. The molecular formula is C9H11BrO3. The van der Waals surface area contributed by atoms with Crippen molar-refractivity contribution in [1.29, 1.82) is 0 Å². The highest BCUT2D eigenvalue weighted by Crippen LogP contribution is 2.29. The van der Waals surface area contributed by atoms with E-state index in [1.165, 1.54) is 14.2 Å². The van der Waals surface area contributed by atoms with Crippen molar-refractivity contribution >= 4 is 15.9 Å². The number of rotatable bonds is 3. The van der Waals surface area contributed by atoms with Crippen LogP contribution in [0.2, 0.25) is 0 Å². The maximum Gasteiger partial charge on any atom is 0.186 e. The quantitative estimate of drug-likeness (QED) is 0.833. The summed E-state index contributed by atoms with van der Waals surface area (Å²) in [6.45, 7) is 0. The lowest BCUT2D eigenvalue weighted by atomic mass is 10.2. The lowest BCUT2D eigenvalue weighted by Crippen LogP contribution is -2.03. The Balaban J connectivity index is 3.03. The second-order valence-electron chi connectivity index (χ2n) is 2.51. The topological polar surface area (TPSA) is 38.7 Å². The fraction of sp³-hybridized carbons (Fsp3) is 0.333. The van der Waals surface area contributed by atoms with E-state index in [4.69, 9.17) is 9.47 Å². The number of halogens is 1. The van der Waals surface area contributed by atoms with E-state index in [1.54, 1.807) is 18.2 Å². The molecule has 0 radical (unpaired) electrons. The highest BCUT2D eigenvalue weighted by molar-refractivity contribution is 9.10. The zero-order valence-electron chi connectivity index (χ0n) is 7.45. The van der Waals surface area contributed by atoms with Gasteiger partial charge in [-0.05, 0) is 18.2 Å². The van der Waals surface area contributed by atoms with E-state index in [0.29, 0.717) is 5.56 Å². The van der Waals surface area contributed by atoms with Crippen LogP contribution in [0.3, 0.4) is 0 Å². The van der Waals surface area contributed by atoms with Gasteiger partial charge in [0.05, 0.1) is 5.56 Å². The van der Waals surface area contributed by atoms with Gasteiger partial charge >= 0.3 is 0 Å². The largest absolute Gasteiger partial charge is 0.507 e. The molecule has 0 bridgehead atoms. The standard InChI is InChI=1S/C9H11BrO3/c1-12-9(13-2)7-5-6(10)3-4-8(7)11/h3-5,9,11H,1-2H3. The van der Waals surface area contributed by atoms with Gasteiger partial charge in [0.2, 0.25) is 0 Å². The van der Waals surface area contributed by atoms with Crippen LogP contribution in [0, 0.1) is 0 Å². The number of phenolic OH excluding ortho intramolecular Hbond substituents is 1. The third kappa shape index (κ3) is 2.43. The van der Waals surface area contributed by atoms with E-state index < -0.39 is 6.29 Å². The highest BCUT2D eigenvalue weighted by Gasteiger charge is 2.13. The zero-order valence-corrected chi connectivity index (χ0v) is 9.04. The van der Waals surface area contributed by atoms with Crippen LogP contribution in [0.4, 0.5) is 0 Å². The van der Waals surface area contributed by atoms with Crippen molar-refractivity contribution < 1.29 is 14.6 Å². The van der Waals surface area contributed by atoms with Crippen LogP contribution in [0.25, 0.3) is 0 Å². The van der Waals surface area contributed by atoms with Crippen molar-refractivity contribution in [2.75, 3.05) is 14.2 Å². The van der Waals surface area contributed by atoms with Gasteiger partial charge in [0.15, 0.2) is 6.29 Å². The molecule has 4 heteroatoms. The minimum atomic E-state index is -0.530. The number of hydrogen-bond acceptors (Lipinski definition) is 3. The molecule has 0 heterocycles. The normalized spacial score (nSPS) is 10.8. The summed E-state index contributed by atoms with van der Waals surface area (Å²) < 4.78 is 10.9. The van der Waals surface area contributed by atoms with Gasteiger partial charge in [0.1, 0.15) is 5.75 Å². The number of aromatic hydroxyl groups is 1. The Morgan fingerprint density at radius 2 is 1.92 bits per heavy atom. The van der Waals surface area contributed by atoms with Crippen molar-refractivity contribution in [3.8, 4) is 5.75 Å². The first kappa shape index (κ1) is 10.5. The molecule has 13 heavy (non-hydrogen) atoms. The molecule has 1 aromatic rings. The molecule has 0 aliphatic carbocycles. The average Bonchev–Trinajstić information content (AvgIpc) is 2.13. The van der Waals surface area contributed by atoms with E-state index >= 15 is 0 Å². The first-order chi connectivity index (χ1) is 6.19. The molecule has 3 nitrogen and oxygen atoms in total. The fourth-order valence-electron chi connectivity index (χ4n) is 1.06. The van der Waals surface area contributed by atoms with Gasteiger partial charge in [-0.1, -0.05) is 15.9 Å². The number of hydrogen-bond donors (Lipinski definition) is 1. The molecule has 0 saturated heterocycles. The Hall–Kier alpha value is -0.580. The van der Waals surface area contributed by atoms with Gasteiger partial charge in [-0.3, -0.25) is 0 Å². The molecule has 0 unspecified atom stereocenters.